The first-order valence-corrected chi connectivity index (χ1v) is 20.5. The zero-order valence-corrected chi connectivity index (χ0v) is 32.6. The number of rotatable bonds is 6. The van der Waals surface area contributed by atoms with E-state index in [2.05, 4.69) is 200 Å². The lowest BCUT2D eigenvalue weighted by atomic mass is 9.67. The molecule has 9 aromatic carbocycles. The van der Waals surface area contributed by atoms with Crippen LogP contribution >= 0.6 is 0 Å². The zero-order chi connectivity index (χ0) is 39.6. The van der Waals surface area contributed by atoms with Gasteiger partial charge < -0.3 is 4.42 Å². The van der Waals surface area contributed by atoms with Gasteiger partial charge >= 0.3 is 0 Å². The van der Waals surface area contributed by atoms with Crippen LogP contribution in [0.3, 0.4) is 0 Å². The van der Waals surface area contributed by atoms with Crippen molar-refractivity contribution >= 4 is 32.7 Å². The predicted molar refractivity (Wildman–Crippen MR) is 246 cm³/mol. The Kier molecular flexibility index (Phi) is 7.76. The second-order valence-electron chi connectivity index (χ2n) is 15.6. The van der Waals surface area contributed by atoms with Crippen LogP contribution in [0, 0.1) is 0 Å². The van der Waals surface area contributed by atoms with Gasteiger partial charge in [0.05, 0.1) is 16.8 Å². The first-order valence-electron chi connectivity index (χ1n) is 20.5. The molecule has 0 saturated carbocycles. The van der Waals surface area contributed by atoms with Crippen LogP contribution in [0.1, 0.15) is 22.3 Å². The van der Waals surface area contributed by atoms with Crippen molar-refractivity contribution in [1.82, 2.24) is 9.97 Å². The van der Waals surface area contributed by atoms with Crippen LogP contribution < -0.4 is 0 Å². The largest absolute Gasteiger partial charge is 0.456 e. The monoisotopic (exact) mass is 764 g/mol. The molecule has 0 unspecified atom stereocenters. The van der Waals surface area contributed by atoms with Gasteiger partial charge in [-0.1, -0.05) is 200 Å². The molecular formula is C57H36N2O. The predicted octanol–water partition coefficient (Wildman–Crippen LogP) is 14.6. The smallest absolute Gasteiger partial charge is 0.161 e. The Morgan fingerprint density at radius 2 is 0.917 bits per heavy atom. The van der Waals surface area contributed by atoms with Crippen LogP contribution in [0.5, 0.6) is 0 Å². The van der Waals surface area contributed by atoms with Crippen LogP contribution in [-0.4, -0.2) is 9.97 Å². The summed E-state index contributed by atoms with van der Waals surface area (Å²) in [7, 11) is 0. The topological polar surface area (TPSA) is 38.9 Å². The number of benzene rings is 9. The minimum Gasteiger partial charge on any atom is -0.456 e. The van der Waals surface area contributed by atoms with Gasteiger partial charge in [-0.05, 0) is 73.5 Å². The molecule has 0 aliphatic heterocycles. The first kappa shape index (κ1) is 34.2. The molecule has 3 heteroatoms. The number of fused-ring (bicyclic) bond motifs is 7. The van der Waals surface area contributed by atoms with Gasteiger partial charge in [-0.3, -0.25) is 0 Å². The molecule has 12 rings (SSSR count). The average molecular weight is 765 g/mol. The molecule has 0 saturated heterocycles. The van der Waals surface area contributed by atoms with E-state index in [1.54, 1.807) is 0 Å². The molecule has 1 aliphatic rings. The lowest BCUT2D eigenvalue weighted by Gasteiger charge is -2.33. The zero-order valence-electron chi connectivity index (χ0n) is 32.6. The molecule has 0 radical (unpaired) electrons. The fourth-order valence-electron chi connectivity index (χ4n) is 9.82. The summed E-state index contributed by atoms with van der Waals surface area (Å²) in [5.41, 5.74) is 15.8. The molecule has 0 atom stereocenters. The molecule has 11 aromatic rings. The lowest BCUT2D eigenvalue weighted by molar-refractivity contribution is 0.669. The summed E-state index contributed by atoms with van der Waals surface area (Å²) in [6.07, 6.45) is 0. The Balaban J connectivity index is 1.08. The highest BCUT2D eigenvalue weighted by Crippen LogP contribution is 2.58. The molecular weight excluding hydrogens is 729 g/mol. The van der Waals surface area contributed by atoms with Crippen molar-refractivity contribution in [2.45, 2.75) is 5.41 Å². The lowest BCUT2D eigenvalue weighted by Crippen LogP contribution is -2.28. The highest BCUT2D eigenvalue weighted by molar-refractivity contribution is 6.12. The molecule has 0 bridgehead atoms. The highest BCUT2D eigenvalue weighted by atomic mass is 16.3. The molecule has 0 N–H and O–H groups in total. The molecule has 3 nitrogen and oxygen atoms in total. The van der Waals surface area contributed by atoms with Gasteiger partial charge in [-0.15, -0.1) is 0 Å². The maximum atomic E-state index is 6.25. The standard InChI is InChI=1S/C57H36N2O/c1-3-18-40(19-4-1)57(41-20-5-2-6-21-41)48-28-11-9-23-45(48)54-46(27-14-29-49(54)57)51-36-50(58-56(59-51)44-26-13-17-37-16-7-8-22-42(37)44)39-34-32-38(33-35-39)43-25-15-31-53-55(43)47-24-10-12-30-52(47)60-53/h1-36H. The second kappa shape index (κ2) is 13.6. The minimum atomic E-state index is -0.516. The Morgan fingerprint density at radius 3 is 1.73 bits per heavy atom. The Bertz CT molecular complexity index is 3380. The van der Waals surface area contributed by atoms with Crippen molar-refractivity contribution in [3.8, 4) is 56.2 Å². The van der Waals surface area contributed by atoms with E-state index in [4.69, 9.17) is 14.4 Å². The average Bonchev–Trinajstić information content (AvgIpc) is 3.86. The summed E-state index contributed by atoms with van der Waals surface area (Å²) in [5.74, 6) is 0.694. The Morgan fingerprint density at radius 1 is 0.367 bits per heavy atom. The molecule has 0 fully saturated rings. The molecule has 60 heavy (non-hydrogen) atoms. The number of hydrogen-bond donors (Lipinski definition) is 0. The Labute approximate surface area is 347 Å². The molecule has 0 amide bonds. The maximum Gasteiger partial charge on any atom is 0.161 e. The highest BCUT2D eigenvalue weighted by Gasteiger charge is 2.46. The van der Waals surface area contributed by atoms with E-state index in [9.17, 15) is 0 Å². The molecule has 2 aromatic heterocycles. The van der Waals surface area contributed by atoms with Gasteiger partial charge in [0.25, 0.3) is 0 Å². The van der Waals surface area contributed by atoms with Gasteiger partial charge in [0.2, 0.25) is 0 Å². The summed E-state index contributed by atoms with van der Waals surface area (Å²) in [6, 6.07) is 78.0. The fraction of sp³-hybridized carbons (Fsp3) is 0.0175. The van der Waals surface area contributed by atoms with Crippen LogP contribution in [0.15, 0.2) is 223 Å². The van der Waals surface area contributed by atoms with Crippen molar-refractivity contribution in [3.05, 3.63) is 241 Å². The van der Waals surface area contributed by atoms with Gasteiger partial charge in [-0.2, -0.15) is 0 Å². The number of furan rings is 1. The normalized spacial score (nSPS) is 12.8. The van der Waals surface area contributed by atoms with Crippen LogP contribution in [0.25, 0.3) is 88.9 Å². The Hall–Kier alpha value is -7.88. The summed E-state index contributed by atoms with van der Waals surface area (Å²) in [6.45, 7) is 0. The SMILES string of the molecule is c1ccc(C2(c3ccccc3)c3ccccc3-c3c(-c4cc(-c5ccc(-c6cccc7oc8ccccc8c67)cc5)nc(-c5cccc6ccccc56)n4)cccc32)cc1. The van der Waals surface area contributed by atoms with Crippen LogP contribution in [0.4, 0.5) is 0 Å². The van der Waals surface area contributed by atoms with E-state index in [1.165, 1.54) is 33.4 Å². The molecule has 280 valence electrons. The van der Waals surface area contributed by atoms with E-state index >= 15 is 0 Å². The van der Waals surface area contributed by atoms with Crippen LogP contribution in [-0.2, 0) is 5.41 Å². The summed E-state index contributed by atoms with van der Waals surface area (Å²) in [5, 5.41) is 4.52. The second-order valence-corrected chi connectivity index (χ2v) is 15.6. The van der Waals surface area contributed by atoms with E-state index in [0.29, 0.717) is 5.82 Å². The number of hydrogen-bond acceptors (Lipinski definition) is 3. The van der Waals surface area contributed by atoms with Crippen molar-refractivity contribution < 1.29 is 4.42 Å². The number of para-hydroxylation sites is 1. The van der Waals surface area contributed by atoms with E-state index in [0.717, 1.165) is 71.9 Å². The third-order valence-electron chi connectivity index (χ3n) is 12.4. The van der Waals surface area contributed by atoms with Gasteiger partial charge in [0.15, 0.2) is 5.82 Å². The number of nitrogens with zero attached hydrogens (tertiary/aromatic N) is 2. The van der Waals surface area contributed by atoms with Crippen molar-refractivity contribution in [1.29, 1.82) is 0 Å². The summed E-state index contributed by atoms with van der Waals surface area (Å²) in [4.78, 5) is 10.9. The van der Waals surface area contributed by atoms with Gasteiger partial charge in [0, 0.05) is 27.5 Å². The van der Waals surface area contributed by atoms with Gasteiger partial charge in [-0.25, -0.2) is 9.97 Å². The van der Waals surface area contributed by atoms with Crippen molar-refractivity contribution in [2.75, 3.05) is 0 Å². The van der Waals surface area contributed by atoms with E-state index in [1.807, 2.05) is 18.2 Å². The van der Waals surface area contributed by atoms with E-state index in [-0.39, 0.29) is 0 Å². The van der Waals surface area contributed by atoms with Crippen LogP contribution in [0.2, 0.25) is 0 Å². The first-order chi connectivity index (χ1) is 29.8. The third kappa shape index (κ3) is 5.16. The number of aromatic nitrogens is 2. The van der Waals surface area contributed by atoms with Crippen molar-refractivity contribution in [2.24, 2.45) is 0 Å². The molecule has 1 aliphatic carbocycles. The van der Waals surface area contributed by atoms with E-state index < -0.39 is 5.41 Å². The maximum absolute atomic E-state index is 6.25. The van der Waals surface area contributed by atoms with Gasteiger partial charge in [0.1, 0.15) is 11.2 Å². The third-order valence-corrected chi connectivity index (χ3v) is 12.4. The fourth-order valence-corrected chi connectivity index (χ4v) is 9.82. The van der Waals surface area contributed by atoms with Crippen molar-refractivity contribution in [3.63, 3.8) is 0 Å². The summed E-state index contributed by atoms with van der Waals surface area (Å²) < 4.78 is 6.25. The minimum absolute atomic E-state index is 0.516. The quantitative estimate of drug-likeness (QED) is 0.169. The molecule has 2 heterocycles. The molecule has 0 spiro atoms. The summed E-state index contributed by atoms with van der Waals surface area (Å²) >= 11 is 0.